The number of carboxylic acids is 1. The lowest BCUT2D eigenvalue weighted by molar-refractivity contribution is -0.142. The van der Waals surface area contributed by atoms with E-state index in [1.165, 1.54) is 7.11 Å². The number of ether oxygens (including phenoxy) is 2. The Morgan fingerprint density at radius 2 is 1.82 bits per heavy atom. The van der Waals surface area contributed by atoms with Gasteiger partial charge in [0, 0.05) is 6.42 Å². The second-order valence-electron chi connectivity index (χ2n) is 7.88. The zero-order chi connectivity index (χ0) is 24.8. The minimum Gasteiger partial charge on any atom is -0.493 e. The standard InChI is InChI=1S/C23H26N4O7/c1-33-18-6-5-13-8-15(24)21(29)26-16(11-20(25)28)22(30)27-17(23(31)32)9-12-3-2-4-14(7-12)34-19(18)10-13/h2-7,10,15-17H,8-9,11,24H2,1H3,(H2,25,28)(H,26,29)(H,27,30)(H,31,32). The highest BCUT2D eigenvalue weighted by Gasteiger charge is 2.29. The summed E-state index contributed by atoms with van der Waals surface area (Å²) in [6.45, 7) is 0. The number of carbonyl (C=O) groups excluding carboxylic acids is 3. The highest BCUT2D eigenvalue weighted by atomic mass is 16.5. The van der Waals surface area contributed by atoms with Gasteiger partial charge in [-0.25, -0.2) is 4.79 Å². The minimum atomic E-state index is -1.38. The Hall–Kier alpha value is -4.12. The van der Waals surface area contributed by atoms with Crippen molar-refractivity contribution in [1.82, 2.24) is 10.6 Å². The molecule has 0 radical (unpaired) electrons. The lowest BCUT2D eigenvalue weighted by Gasteiger charge is -2.23. The molecule has 0 aliphatic carbocycles. The van der Waals surface area contributed by atoms with E-state index in [2.05, 4.69) is 10.6 Å². The van der Waals surface area contributed by atoms with E-state index in [0.717, 1.165) is 0 Å². The van der Waals surface area contributed by atoms with Crippen molar-refractivity contribution in [3.05, 3.63) is 53.6 Å². The largest absolute Gasteiger partial charge is 0.493 e. The number of primary amides is 1. The Bertz CT molecular complexity index is 1100. The molecule has 4 bridgehead atoms. The number of benzene rings is 2. The number of carbonyl (C=O) groups is 4. The molecule has 3 unspecified atom stereocenters. The van der Waals surface area contributed by atoms with Gasteiger partial charge in [-0.1, -0.05) is 18.2 Å². The summed E-state index contributed by atoms with van der Waals surface area (Å²) in [4.78, 5) is 48.7. The first kappa shape index (κ1) is 24.5. The zero-order valence-electron chi connectivity index (χ0n) is 18.4. The molecule has 3 rings (SSSR count). The van der Waals surface area contributed by atoms with Gasteiger partial charge >= 0.3 is 5.97 Å². The van der Waals surface area contributed by atoms with Gasteiger partial charge in [0.2, 0.25) is 17.7 Å². The Morgan fingerprint density at radius 3 is 2.50 bits per heavy atom. The maximum Gasteiger partial charge on any atom is 0.326 e. The van der Waals surface area contributed by atoms with Gasteiger partial charge in [0.1, 0.15) is 17.8 Å². The smallest absolute Gasteiger partial charge is 0.326 e. The molecule has 11 heteroatoms. The molecule has 2 aromatic rings. The number of carboxylic acid groups (broad SMARTS) is 1. The van der Waals surface area contributed by atoms with Crippen molar-refractivity contribution >= 4 is 23.7 Å². The minimum absolute atomic E-state index is 0.0772. The third kappa shape index (κ3) is 6.23. The molecule has 1 heterocycles. The van der Waals surface area contributed by atoms with E-state index in [1.807, 2.05) is 0 Å². The number of rotatable bonds is 4. The average Bonchev–Trinajstić information content (AvgIpc) is 2.77. The summed E-state index contributed by atoms with van der Waals surface area (Å²) in [7, 11) is 1.49. The molecule has 0 fully saturated rings. The molecule has 3 atom stereocenters. The van der Waals surface area contributed by atoms with Crippen LogP contribution >= 0.6 is 0 Å². The first-order valence-electron chi connectivity index (χ1n) is 10.5. The van der Waals surface area contributed by atoms with E-state index in [4.69, 9.17) is 20.9 Å². The van der Waals surface area contributed by atoms with Crippen molar-refractivity contribution in [2.24, 2.45) is 11.5 Å². The third-order valence-corrected chi connectivity index (χ3v) is 5.24. The molecule has 0 aromatic heterocycles. The van der Waals surface area contributed by atoms with Crippen LogP contribution in [0.25, 0.3) is 0 Å². The van der Waals surface area contributed by atoms with Crippen molar-refractivity contribution in [1.29, 1.82) is 0 Å². The Labute approximate surface area is 195 Å². The molecular formula is C23H26N4O7. The normalized spacial score (nSPS) is 20.9. The summed E-state index contributed by atoms with van der Waals surface area (Å²) in [6.07, 6.45) is -0.506. The lowest BCUT2D eigenvalue weighted by Crippen LogP contribution is -2.56. The molecule has 180 valence electrons. The highest BCUT2D eigenvalue weighted by Crippen LogP contribution is 2.33. The van der Waals surface area contributed by atoms with Crippen LogP contribution in [0.4, 0.5) is 0 Å². The number of nitrogens with two attached hydrogens (primary N) is 2. The summed E-state index contributed by atoms with van der Waals surface area (Å²) in [5, 5.41) is 14.4. The SMILES string of the molecule is COc1ccc2cc1Oc1cccc(c1)CC(C(=O)O)NC(=O)C(CC(N)=O)NC(=O)C(N)C2. The third-order valence-electron chi connectivity index (χ3n) is 5.24. The number of aliphatic carboxylic acids is 1. The lowest BCUT2D eigenvalue weighted by atomic mass is 10.0. The summed E-state index contributed by atoms with van der Waals surface area (Å²) in [5.41, 5.74) is 12.5. The molecule has 2 aromatic carbocycles. The van der Waals surface area contributed by atoms with Crippen LogP contribution in [0.5, 0.6) is 17.2 Å². The van der Waals surface area contributed by atoms with Gasteiger partial charge in [-0.05, 0) is 41.8 Å². The molecule has 0 saturated heterocycles. The molecular weight excluding hydrogens is 444 g/mol. The molecule has 34 heavy (non-hydrogen) atoms. The number of methoxy groups -OCH3 is 1. The number of hydrogen-bond donors (Lipinski definition) is 5. The van der Waals surface area contributed by atoms with Crippen LogP contribution in [0, 0.1) is 0 Å². The number of hydrogen-bond acceptors (Lipinski definition) is 7. The summed E-state index contributed by atoms with van der Waals surface area (Å²) >= 11 is 0. The molecule has 0 saturated carbocycles. The van der Waals surface area contributed by atoms with Gasteiger partial charge in [0.05, 0.1) is 19.6 Å². The molecule has 3 amide bonds. The first-order chi connectivity index (χ1) is 16.2. The van der Waals surface area contributed by atoms with Crippen LogP contribution in [0.15, 0.2) is 42.5 Å². The summed E-state index contributed by atoms with van der Waals surface area (Å²) in [6, 6.07) is 8.00. The molecule has 1 aliphatic heterocycles. The highest BCUT2D eigenvalue weighted by molar-refractivity contribution is 5.94. The van der Waals surface area contributed by atoms with Crippen LogP contribution < -0.4 is 31.6 Å². The molecule has 0 spiro atoms. The van der Waals surface area contributed by atoms with Crippen molar-refractivity contribution in [3.8, 4) is 17.2 Å². The second kappa shape index (κ2) is 10.7. The summed E-state index contributed by atoms with van der Waals surface area (Å²) in [5.74, 6) is -2.46. The molecule has 11 nitrogen and oxygen atoms in total. The monoisotopic (exact) mass is 470 g/mol. The maximum absolute atomic E-state index is 12.8. The topological polar surface area (TPSA) is 183 Å². The van der Waals surface area contributed by atoms with Gasteiger partial charge in [-0.3, -0.25) is 14.4 Å². The van der Waals surface area contributed by atoms with Gasteiger partial charge in [-0.15, -0.1) is 0 Å². The van der Waals surface area contributed by atoms with E-state index < -0.39 is 48.2 Å². The van der Waals surface area contributed by atoms with Gasteiger partial charge in [-0.2, -0.15) is 0 Å². The van der Waals surface area contributed by atoms with Crippen LogP contribution in [0.3, 0.4) is 0 Å². The van der Waals surface area contributed by atoms with Gasteiger partial charge in [0.25, 0.3) is 0 Å². The predicted molar refractivity (Wildman–Crippen MR) is 120 cm³/mol. The molecule has 7 N–H and O–H groups in total. The zero-order valence-corrected chi connectivity index (χ0v) is 18.4. The fraction of sp³-hybridized carbons (Fsp3) is 0.304. The summed E-state index contributed by atoms with van der Waals surface area (Å²) < 4.78 is 11.3. The van der Waals surface area contributed by atoms with Crippen LogP contribution in [-0.4, -0.2) is 54.0 Å². The van der Waals surface area contributed by atoms with E-state index in [1.54, 1.807) is 42.5 Å². The van der Waals surface area contributed by atoms with Crippen LogP contribution in [0.2, 0.25) is 0 Å². The predicted octanol–water partition coefficient (Wildman–Crippen LogP) is -0.157. The van der Waals surface area contributed by atoms with E-state index in [9.17, 15) is 24.3 Å². The van der Waals surface area contributed by atoms with Crippen molar-refractivity contribution < 1.29 is 33.8 Å². The first-order valence-corrected chi connectivity index (χ1v) is 10.5. The Balaban J connectivity index is 2.04. The number of nitrogens with one attached hydrogen (secondary N) is 2. The fourth-order valence-corrected chi connectivity index (χ4v) is 3.53. The Morgan fingerprint density at radius 1 is 1.09 bits per heavy atom. The molecule has 1 aliphatic rings. The average molecular weight is 470 g/mol. The van der Waals surface area contributed by atoms with E-state index >= 15 is 0 Å². The Kier molecular flexibility index (Phi) is 7.69. The van der Waals surface area contributed by atoms with Crippen molar-refractivity contribution in [3.63, 3.8) is 0 Å². The van der Waals surface area contributed by atoms with Gasteiger partial charge in [0.15, 0.2) is 11.5 Å². The maximum atomic E-state index is 12.8. The quantitative estimate of drug-likeness (QED) is 0.408. The van der Waals surface area contributed by atoms with Crippen LogP contribution in [0.1, 0.15) is 17.5 Å². The number of fused-ring (bicyclic) bond motifs is 4. The van der Waals surface area contributed by atoms with E-state index in [-0.39, 0.29) is 12.8 Å². The van der Waals surface area contributed by atoms with Crippen molar-refractivity contribution in [2.45, 2.75) is 37.4 Å². The fourth-order valence-electron chi connectivity index (χ4n) is 3.53. The number of amides is 3. The van der Waals surface area contributed by atoms with Crippen molar-refractivity contribution in [2.75, 3.05) is 7.11 Å². The van der Waals surface area contributed by atoms with Gasteiger partial charge < -0.3 is 36.7 Å². The second-order valence-corrected chi connectivity index (χ2v) is 7.88. The van der Waals surface area contributed by atoms with Crippen LogP contribution in [-0.2, 0) is 32.0 Å². The van der Waals surface area contributed by atoms with E-state index in [0.29, 0.717) is 28.4 Å².